The Balaban J connectivity index is 2.13. The van der Waals surface area contributed by atoms with Crippen LogP contribution >= 0.6 is 11.6 Å². The van der Waals surface area contributed by atoms with E-state index >= 15 is 0 Å². The van der Waals surface area contributed by atoms with Gasteiger partial charge in [-0.2, -0.15) is 5.26 Å². The van der Waals surface area contributed by atoms with Crippen molar-refractivity contribution in [3.05, 3.63) is 23.8 Å². The lowest BCUT2D eigenvalue weighted by molar-refractivity contribution is -0.111. The highest BCUT2D eigenvalue weighted by Gasteiger charge is 2.31. The van der Waals surface area contributed by atoms with E-state index in [4.69, 9.17) is 21.6 Å². The number of hydrogen-bond acceptors (Lipinski definition) is 5. The van der Waals surface area contributed by atoms with Crippen molar-refractivity contribution in [3.8, 4) is 11.8 Å². The molecule has 1 heterocycles. The summed E-state index contributed by atoms with van der Waals surface area (Å²) in [6.45, 7) is 5.28. The number of hydrogen-bond donors (Lipinski definition) is 1. The van der Waals surface area contributed by atoms with Crippen LogP contribution in [0.4, 0.5) is 5.69 Å². The molecule has 0 saturated carbocycles. The third kappa shape index (κ3) is 4.10. The lowest BCUT2D eigenvalue weighted by atomic mass is 10.1. The van der Waals surface area contributed by atoms with Gasteiger partial charge in [-0.25, -0.2) is 5.43 Å². The van der Waals surface area contributed by atoms with Gasteiger partial charge >= 0.3 is 0 Å². The fourth-order valence-electron chi connectivity index (χ4n) is 2.26. The minimum absolute atomic E-state index is 0.328. The first-order valence-electron chi connectivity index (χ1n) is 6.84. The second-order valence-electron chi connectivity index (χ2n) is 5.61. The highest BCUT2D eigenvalue weighted by molar-refractivity contribution is 6.63. The number of nitrogens with one attached hydrogen (secondary N) is 1. The third-order valence-corrected chi connectivity index (χ3v) is 3.35. The number of rotatable bonds is 5. The Morgan fingerprint density at radius 3 is 3.00 bits per heavy atom. The Hall–Kier alpha value is -1.77. The van der Waals surface area contributed by atoms with Crippen LogP contribution in [-0.2, 0) is 4.79 Å². The minimum Gasteiger partial charge on any atom is -0.484 e. The summed E-state index contributed by atoms with van der Waals surface area (Å²) in [6.07, 6.45) is 1.00. The highest BCUT2D eigenvalue weighted by atomic mass is 35.5. The molecule has 1 aliphatic heterocycles. The van der Waals surface area contributed by atoms with Crippen LogP contribution in [0.1, 0.15) is 32.3 Å². The van der Waals surface area contributed by atoms with Crippen molar-refractivity contribution in [1.29, 1.82) is 5.26 Å². The summed E-state index contributed by atoms with van der Waals surface area (Å²) >= 11 is 5.33. The van der Waals surface area contributed by atoms with Crippen LogP contribution in [0, 0.1) is 11.3 Å². The van der Waals surface area contributed by atoms with Gasteiger partial charge in [0.25, 0.3) is 0 Å². The number of nitriles is 1. The van der Waals surface area contributed by atoms with Crippen LogP contribution in [-0.4, -0.2) is 23.9 Å². The van der Waals surface area contributed by atoms with E-state index in [1.165, 1.54) is 0 Å². The number of carbonyl (C=O) groups is 1. The minimum atomic E-state index is -0.337. The van der Waals surface area contributed by atoms with E-state index < -0.39 is 0 Å². The molecule has 6 heteroatoms. The van der Waals surface area contributed by atoms with Crippen LogP contribution in [0.25, 0.3) is 0 Å². The summed E-state index contributed by atoms with van der Waals surface area (Å²) < 4.78 is 5.93. The Labute approximate surface area is 129 Å². The lowest BCUT2D eigenvalue weighted by Crippen LogP contribution is -2.52. The van der Waals surface area contributed by atoms with Gasteiger partial charge in [0.2, 0.25) is 5.24 Å². The smallest absolute Gasteiger partial charge is 0.221 e. The zero-order valence-corrected chi connectivity index (χ0v) is 12.9. The van der Waals surface area contributed by atoms with Gasteiger partial charge in [0.1, 0.15) is 11.4 Å². The van der Waals surface area contributed by atoms with E-state index in [1.54, 1.807) is 12.1 Å². The molecule has 0 unspecified atom stereocenters. The number of benzene rings is 1. The predicted molar refractivity (Wildman–Crippen MR) is 81.3 cm³/mol. The van der Waals surface area contributed by atoms with Crippen LogP contribution < -0.4 is 15.2 Å². The second-order valence-corrected chi connectivity index (χ2v) is 6.03. The molecule has 1 aromatic carbocycles. The summed E-state index contributed by atoms with van der Waals surface area (Å²) in [5.74, 6) is 0.742. The maximum Gasteiger partial charge on any atom is 0.221 e. The molecule has 0 fully saturated rings. The van der Waals surface area contributed by atoms with E-state index in [-0.39, 0.29) is 10.8 Å². The van der Waals surface area contributed by atoms with Gasteiger partial charge in [-0.3, -0.25) is 4.79 Å². The molecule has 112 valence electrons. The molecule has 0 spiro atoms. The van der Waals surface area contributed by atoms with Gasteiger partial charge in [0.15, 0.2) is 0 Å². The lowest BCUT2D eigenvalue weighted by Gasteiger charge is -2.41. The van der Waals surface area contributed by atoms with E-state index in [2.05, 4.69) is 11.5 Å². The molecule has 1 aliphatic rings. The Kier molecular flexibility index (Phi) is 4.71. The largest absolute Gasteiger partial charge is 0.484 e. The number of nitrogens with zero attached hydrogens (tertiary/aromatic N) is 2. The van der Waals surface area contributed by atoms with Crippen LogP contribution in [0.5, 0.6) is 5.75 Å². The van der Waals surface area contributed by atoms with Crippen molar-refractivity contribution >= 4 is 22.5 Å². The number of halogens is 1. The van der Waals surface area contributed by atoms with Gasteiger partial charge < -0.3 is 9.75 Å². The van der Waals surface area contributed by atoms with Crippen LogP contribution in [0.15, 0.2) is 18.2 Å². The Bertz CT molecular complexity index is 581. The van der Waals surface area contributed by atoms with Crippen molar-refractivity contribution in [1.82, 2.24) is 5.43 Å². The molecular weight excluding hydrogens is 290 g/mol. The third-order valence-electron chi connectivity index (χ3n) is 3.16. The number of fused-ring (bicyclic) bond motifs is 1. The van der Waals surface area contributed by atoms with E-state index in [1.807, 2.05) is 24.9 Å². The van der Waals surface area contributed by atoms with E-state index in [0.717, 1.165) is 11.4 Å². The van der Waals surface area contributed by atoms with Crippen molar-refractivity contribution in [3.63, 3.8) is 0 Å². The molecule has 2 rings (SSSR count). The Morgan fingerprint density at radius 2 is 2.33 bits per heavy atom. The molecule has 0 aromatic heterocycles. The van der Waals surface area contributed by atoms with Gasteiger partial charge in [0, 0.05) is 13.0 Å². The summed E-state index contributed by atoms with van der Waals surface area (Å²) in [6, 6.07) is 7.48. The van der Waals surface area contributed by atoms with E-state index in [0.29, 0.717) is 31.5 Å². The maximum atomic E-state index is 10.7. The van der Waals surface area contributed by atoms with E-state index in [9.17, 15) is 4.79 Å². The van der Waals surface area contributed by atoms with Crippen LogP contribution in [0.2, 0.25) is 0 Å². The standard InChI is InChI=1S/C15H18ClN3O2/c1-15(2)10-19(18-7-3-4-14(16)20)12-8-11(9-17)5-6-13(12)21-15/h5-6,8,18H,3-4,7,10H2,1-2H3. The summed E-state index contributed by atoms with van der Waals surface area (Å²) in [5.41, 5.74) is 4.36. The summed E-state index contributed by atoms with van der Waals surface area (Å²) in [5, 5.41) is 10.7. The zero-order valence-electron chi connectivity index (χ0n) is 12.1. The maximum absolute atomic E-state index is 10.7. The average Bonchev–Trinajstić information content (AvgIpc) is 2.41. The van der Waals surface area contributed by atoms with Crippen LogP contribution in [0.3, 0.4) is 0 Å². The predicted octanol–water partition coefficient (Wildman–Crippen LogP) is 2.59. The number of hydrazine groups is 1. The fraction of sp³-hybridized carbons (Fsp3) is 0.467. The molecule has 5 nitrogen and oxygen atoms in total. The number of carbonyl (C=O) groups excluding carboxylic acids is 1. The molecular formula is C15H18ClN3O2. The van der Waals surface area contributed by atoms with Gasteiger partial charge in [0.05, 0.1) is 23.9 Å². The summed E-state index contributed by atoms with van der Waals surface area (Å²) in [7, 11) is 0. The molecule has 1 N–H and O–H groups in total. The average molecular weight is 308 g/mol. The van der Waals surface area contributed by atoms with Gasteiger partial charge in [-0.05, 0) is 50.1 Å². The molecule has 1 aromatic rings. The van der Waals surface area contributed by atoms with Crippen molar-refractivity contribution < 1.29 is 9.53 Å². The molecule has 0 saturated heterocycles. The molecule has 0 bridgehead atoms. The topological polar surface area (TPSA) is 65.4 Å². The second kappa shape index (κ2) is 6.33. The first-order valence-corrected chi connectivity index (χ1v) is 7.22. The Morgan fingerprint density at radius 1 is 1.57 bits per heavy atom. The molecule has 21 heavy (non-hydrogen) atoms. The summed E-state index contributed by atoms with van der Waals surface area (Å²) in [4.78, 5) is 10.7. The normalized spacial score (nSPS) is 15.8. The SMILES string of the molecule is CC1(C)CN(NCCCC(=O)Cl)c2cc(C#N)ccc2O1. The van der Waals surface area contributed by atoms with Gasteiger partial charge in [-0.15, -0.1) is 0 Å². The fourth-order valence-corrected chi connectivity index (χ4v) is 2.40. The zero-order chi connectivity index (χ0) is 15.5. The number of ether oxygens (including phenoxy) is 1. The first kappa shape index (κ1) is 15.6. The molecule has 0 amide bonds. The monoisotopic (exact) mass is 307 g/mol. The van der Waals surface area contributed by atoms with Gasteiger partial charge in [-0.1, -0.05) is 0 Å². The van der Waals surface area contributed by atoms with Crippen molar-refractivity contribution in [2.24, 2.45) is 0 Å². The molecule has 0 radical (unpaired) electrons. The highest BCUT2D eigenvalue weighted by Crippen LogP contribution is 2.36. The quantitative estimate of drug-likeness (QED) is 0.669. The first-order chi connectivity index (χ1) is 9.91. The van der Waals surface area contributed by atoms with Crippen molar-refractivity contribution in [2.75, 3.05) is 18.1 Å². The molecule has 0 atom stereocenters. The molecule has 0 aliphatic carbocycles. The van der Waals surface area contributed by atoms with Crippen molar-refractivity contribution in [2.45, 2.75) is 32.3 Å². The number of anilines is 1.